The smallest absolute Gasteiger partial charge is 0.250 e. The summed E-state index contributed by atoms with van der Waals surface area (Å²) in [6, 6.07) is 11.1. The Morgan fingerprint density at radius 1 is 1.23 bits per heavy atom. The van der Waals surface area contributed by atoms with Gasteiger partial charge in [0.2, 0.25) is 11.9 Å². The van der Waals surface area contributed by atoms with E-state index in [0.29, 0.717) is 29.5 Å². The minimum absolute atomic E-state index is 0.138. The summed E-state index contributed by atoms with van der Waals surface area (Å²) in [5, 5.41) is 11.1. The molecule has 0 spiro atoms. The summed E-state index contributed by atoms with van der Waals surface area (Å²) in [5.41, 5.74) is 1.80. The molecule has 0 aliphatic carbocycles. The van der Waals surface area contributed by atoms with Gasteiger partial charge in [-0.2, -0.15) is 4.98 Å². The third-order valence-electron chi connectivity index (χ3n) is 4.64. The maximum atomic E-state index is 14.7. The van der Waals surface area contributed by atoms with Gasteiger partial charge in [-0.15, -0.1) is 5.10 Å². The molecule has 2 N–H and O–H groups in total. The SMILES string of the molecule is CCCC(=O)Nc1nc2n(n1)C(c1c(F)cccc1Cl)C=C(c1ccc(Cl)cc1)N2. The Balaban J connectivity index is 1.80. The molecule has 3 aromatic rings. The van der Waals surface area contributed by atoms with Crippen LogP contribution in [0.4, 0.5) is 16.3 Å². The molecule has 0 bridgehead atoms. The Morgan fingerprint density at radius 2 is 2.00 bits per heavy atom. The average molecular weight is 446 g/mol. The first-order chi connectivity index (χ1) is 14.5. The summed E-state index contributed by atoms with van der Waals surface area (Å²) in [6.07, 6.45) is 2.87. The van der Waals surface area contributed by atoms with Gasteiger partial charge >= 0.3 is 0 Å². The van der Waals surface area contributed by atoms with Gasteiger partial charge in [0.05, 0.1) is 0 Å². The van der Waals surface area contributed by atoms with Crippen molar-refractivity contribution in [3.8, 4) is 0 Å². The zero-order chi connectivity index (χ0) is 21.3. The number of anilines is 2. The van der Waals surface area contributed by atoms with Crippen molar-refractivity contribution in [2.75, 3.05) is 10.6 Å². The van der Waals surface area contributed by atoms with Crippen LogP contribution < -0.4 is 10.6 Å². The number of benzene rings is 2. The molecule has 1 aliphatic heterocycles. The van der Waals surface area contributed by atoms with Crippen LogP contribution in [0.15, 0.2) is 48.5 Å². The maximum Gasteiger partial charge on any atom is 0.250 e. The second-order valence-electron chi connectivity index (χ2n) is 6.79. The molecule has 1 unspecified atom stereocenters. The number of fused-ring (bicyclic) bond motifs is 1. The van der Waals surface area contributed by atoms with Crippen LogP contribution in [0.25, 0.3) is 5.70 Å². The van der Waals surface area contributed by atoms with Gasteiger partial charge in [0.1, 0.15) is 11.9 Å². The number of carbonyl (C=O) groups is 1. The number of allylic oxidation sites excluding steroid dienone is 1. The van der Waals surface area contributed by atoms with Gasteiger partial charge in [0.15, 0.2) is 0 Å². The van der Waals surface area contributed by atoms with Crippen LogP contribution in [0.1, 0.15) is 36.9 Å². The largest absolute Gasteiger partial charge is 0.324 e. The number of halogens is 3. The van der Waals surface area contributed by atoms with Crippen molar-refractivity contribution < 1.29 is 9.18 Å². The molecule has 0 radical (unpaired) electrons. The summed E-state index contributed by atoms with van der Waals surface area (Å²) in [6.45, 7) is 1.91. The zero-order valence-electron chi connectivity index (χ0n) is 16.0. The fourth-order valence-corrected chi connectivity index (χ4v) is 3.66. The highest BCUT2D eigenvalue weighted by atomic mass is 35.5. The van der Waals surface area contributed by atoms with Crippen LogP contribution in [0.5, 0.6) is 0 Å². The van der Waals surface area contributed by atoms with E-state index in [0.717, 1.165) is 5.56 Å². The molecule has 4 rings (SSSR count). The minimum Gasteiger partial charge on any atom is -0.324 e. The van der Waals surface area contributed by atoms with E-state index in [-0.39, 0.29) is 22.4 Å². The Hall–Kier alpha value is -2.90. The van der Waals surface area contributed by atoms with Crippen LogP contribution >= 0.6 is 23.2 Å². The molecule has 154 valence electrons. The normalized spacial score (nSPS) is 15.2. The molecule has 1 aliphatic rings. The van der Waals surface area contributed by atoms with E-state index in [2.05, 4.69) is 20.7 Å². The number of aromatic nitrogens is 3. The number of hydrogen-bond acceptors (Lipinski definition) is 4. The molecular formula is C21H18Cl2FN5O. The molecule has 0 saturated heterocycles. The molecule has 2 aromatic carbocycles. The van der Waals surface area contributed by atoms with E-state index < -0.39 is 11.9 Å². The standard InChI is InChI=1S/C21H18Cl2FN5O/c1-2-4-18(30)26-20-27-21-25-16(12-7-9-13(22)10-8-12)11-17(29(21)28-20)19-14(23)5-3-6-15(19)24/h3,5-11,17H,2,4H2,1H3,(H2,25,26,27,28,30). The van der Waals surface area contributed by atoms with E-state index in [1.807, 2.05) is 25.1 Å². The Morgan fingerprint density at radius 3 is 2.70 bits per heavy atom. The van der Waals surface area contributed by atoms with Crippen LogP contribution in [-0.2, 0) is 4.79 Å². The molecule has 6 nitrogen and oxygen atoms in total. The lowest BCUT2D eigenvalue weighted by molar-refractivity contribution is -0.116. The Kier molecular flexibility index (Phi) is 5.74. The van der Waals surface area contributed by atoms with Crippen molar-refractivity contribution in [1.29, 1.82) is 0 Å². The predicted octanol–water partition coefficient (Wildman–Crippen LogP) is 5.52. The van der Waals surface area contributed by atoms with Gasteiger partial charge in [-0.25, -0.2) is 9.07 Å². The number of carbonyl (C=O) groups excluding carboxylic acids is 1. The molecule has 9 heteroatoms. The summed E-state index contributed by atoms with van der Waals surface area (Å²) in [4.78, 5) is 16.4. The topological polar surface area (TPSA) is 71.8 Å². The van der Waals surface area contributed by atoms with Crippen LogP contribution in [0.2, 0.25) is 10.0 Å². The quantitative estimate of drug-likeness (QED) is 0.542. The second kappa shape index (κ2) is 8.45. The Bertz CT molecular complexity index is 1110. The summed E-state index contributed by atoms with van der Waals surface area (Å²) >= 11 is 12.3. The molecule has 1 amide bonds. The lowest BCUT2D eigenvalue weighted by atomic mass is 10.0. The summed E-state index contributed by atoms with van der Waals surface area (Å²) < 4.78 is 16.3. The summed E-state index contributed by atoms with van der Waals surface area (Å²) in [7, 11) is 0. The molecular weight excluding hydrogens is 428 g/mol. The Labute approximate surface area is 182 Å². The highest BCUT2D eigenvalue weighted by Crippen LogP contribution is 2.37. The van der Waals surface area contributed by atoms with Crippen LogP contribution in [0.3, 0.4) is 0 Å². The fraction of sp³-hybridized carbons (Fsp3) is 0.190. The first-order valence-electron chi connectivity index (χ1n) is 9.41. The van der Waals surface area contributed by atoms with Gasteiger partial charge in [-0.1, -0.05) is 48.3 Å². The van der Waals surface area contributed by atoms with Gasteiger partial charge in [-0.05, 0) is 42.3 Å². The van der Waals surface area contributed by atoms with Crippen molar-refractivity contribution in [2.24, 2.45) is 0 Å². The average Bonchev–Trinajstić information content (AvgIpc) is 3.10. The molecule has 0 fully saturated rings. The molecule has 30 heavy (non-hydrogen) atoms. The minimum atomic E-state index is -0.662. The van der Waals surface area contributed by atoms with Gasteiger partial charge in [-0.3, -0.25) is 10.1 Å². The van der Waals surface area contributed by atoms with Crippen molar-refractivity contribution in [3.05, 3.63) is 75.5 Å². The number of amides is 1. The van der Waals surface area contributed by atoms with Gasteiger partial charge < -0.3 is 5.32 Å². The first kappa shape index (κ1) is 20.4. The highest BCUT2D eigenvalue weighted by molar-refractivity contribution is 6.31. The number of rotatable bonds is 5. The highest BCUT2D eigenvalue weighted by Gasteiger charge is 2.29. The van der Waals surface area contributed by atoms with Crippen LogP contribution in [0, 0.1) is 5.82 Å². The maximum absolute atomic E-state index is 14.7. The second-order valence-corrected chi connectivity index (χ2v) is 7.64. The number of nitrogens with zero attached hydrogens (tertiary/aromatic N) is 3. The van der Waals surface area contributed by atoms with Gasteiger partial charge in [0.25, 0.3) is 5.95 Å². The van der Waals surface area contributed by atoms with E-state index in [1.54, 1.807) is 24.3 Å². The van der Waals surface area contributed by atoms with Crippen molar-refractivity contribution in [2.45, 2.75) is 25.8 Å². The summed E-state index contributed by atoms with van der Waals surface area (Å²) in [5.74, 6) is -0.149. The van der Waals surface area contributed by atoms with Gasteiger partial charge in [0, 0.05) is 27.7 Å². The number of hydrogen-bond donors (Lipinski definition) is 2. The molecule has 1 aromatic heterocycles. The van der Waals surface area contributed by atoms with E-state index in [1.165, 1.54) is 10.7 Å². The molecule has 0 saturated carbocycles. The monoisotopic (exact) mass is 445 g/mol. The van der Waals surface area contributed by atoms with Crippen molar-refractivity contribution >= 4 is 46.7 Å². The lowest BCUT2D eigenvalue weighted by Crippen LogP contribution is -2.21. The predicted molar refractivity (Wildman–Crippen MR) is 116 cm³/mol. The van der Waals surface area contributed by atoms with E-state index in [9.17, 15) is 9.18 Å². The lowest BCUT2D eigenvalue weighted by Gasteiger charge is -2.25. The zero-order valence-corrected chi connectivity index (χ0v) is 17.5. The van der Waals surface area contributed by atoms with Crippen molar-refractivity contribution in [1.82, 2.24) is 14.8 Å². The molecule has 2 heterocycles. The fourth-order valence-electron chi connectivity index (χ4n) is 3.26. The first-order valence-corrected chi connectivity index (χ1v) is 10.2. The molecule has 1 atom stereocenters. The number of nitrogens with one attached hydrogen (secondary N) is 2. The van der Waals surface area contributed by atoms with Crippen molar-refractivity contribution in [3.63, 3.8) is 0 Å². The third-order valence-corrected chi connectivity index (χ3v) is 5.23. The van der Waals surface area contributed by atoms with Crippen LogP contribution in [-0.4, -0.2) is 20.7 Å². The third kappa shape index (κ3) is 4.04. The van der Waals surface area contributed by atoms with E-state index >= 15 is 0 Å². The van der Waals surface area contributed by atoms with E-state index in [4.69, 9.17) is 23.2 Å².